The summed E-state index contributed by atoms with van der Waals surface area (Å²) in [6.07, 6.45) is 37.9. The molecule has 0 spiro atoms. The van der Waals surface area contributed by atoms with E-state index in [1.165, 1.54) is 122 Å². The average Bonchev–Trinajstić information content (AvgIpc) is 3.06. The second-order valence-electron chi connectivity index (χ2n) is 13.6. The van der Waals surface area contributed by atoms with Gasteiger partial charge in [-0.2, -0.15) is 0 Å². The van der Waals surface area contributed by atoms with Crippen LogP contribution in [-0.4, -0.2) is 57.3 Å². The molecule has 4 unspecified atom stereocenters. The predicted molar refractivity (Wildman–Crippen MR) is 196 cm³/mol. The fourth-order valence-corrected chi connectivity index (χ4v) is 5.95. The zero-order valence-corrected chi connectivity index (χ0v) is 30.3. The van der Waals surface area contributed by atoms with E-state index >= 15 is 0 Å². The summed E-state index contributed by atoms with van der Waals surface area (Å²) in [5.41, 5.74) is 0. The molecule has 6 nitrogen and oxygen atoms in total. The molecule has 0 aliphatic rings. The van der Waals surface area contributed by atoms with E-state index in [2.05, 4.69) is 43.5 Å². The largest absolute Gasteiger partial charge is 0.394 e. The summed E-state index contributed by atoms with van der Waals surface area (Å²) in [7, 11) is 0. The van der Waals surface area contributed by atoms with Gasteiger partial charge in [0.25, 0.3) is 0 Å². The van der Waals surface area contributed by atoms with Crippen LogP contribution in [0.2, 0.25) is 0 Å². The highest BCUT2D eigenvalue weighted by atomic mass is 16.3. The molecule has 46 heavy (non-hydrogen) atoms. The number of aliphatic hydroxyl groups excluding tert-OH is 4. The number of unbranched alkanes of at least 4 members (excludes halogenated alkanes) is 22. The minimum atomic E-state index is -1.28. The maximum atomic E-state index is 12.4. The molecule has 0 aromatic rings. The van der Waals surface area contributed by atoms with Crippen molar-refractivity contribution in [1.29, 1.82) is 0 Å². The quantitative estimate of drug-likeness (QED) is 0.0346. The van der Waals surface area contributed by atoms with Gasteiger partial charge in [-0.3, -0.25) is 4.79 Å². The molecular formula is C40H77NO5. The van der Waals surface area contributed by atoms with Gasteiger partial charge in [0.15, 0.2) is 0 Å². The van der Waals surface area contributed by atoms with Crippen molar-refractivity contribution in [1.82, 2.24) is 5.32 Å². The van der Waals surface area contributed by atoms with E-state index in [4.69, 9.17) is 0 Å². The summed E-state index contributed by atoms with van der Waals surface area (Å²) < 4.78 is 0. The molecular weight excluding hydrogens is 574 g/mol. The third kappa shape index (κ3) is 29.0. The molecule has 0 aromatic carbocycles. The minimum absolute atomic E-state index is 0.361. The molecule has 6 heteroatoms. The van der Waals surface area contributed by atoms with Gasteiger partial charge in [-0.05, 0) is 51.4 Å². The van der Waals surface area contributed by atoms with Crippen molar-refractivity contribution < 1.29 is 25.2 Å². The Balaban J connectivity index is 3.81. The number of nitrogens with one attached hydrogen (secondary N) is 1. The van der Waals surface area contributed by atoms with E-state index in [0.717, 1.165) is 38.5 Å². The first-order chi connectivity index (χ1) is 22.5. The van der Waals surface area contributed by atoms with Gasteiger partial charge in [0.2, 0.25) is 5.91 Å². The van der Waals surface area contributed by atoms with E-state index in [9.17, 15) is 25.2 Å². The average molecular weight is 652 g/mol. The number of rotatable bonds is 35. The summed E-state index contributed by atoms with van der Waals surface area (Å²) in [5.74, 6) is -0.601. The second kappa shape index (κ2) is 35.1. The van der Waals surface area contributed by atoms with E-state index in [0.29, 0.717) is 19.3 Å². The molecule has 0 rings (SSSR count). The zero-order valence-electron chi connectivity index (χ0n) is 30.3. The van der Waals surface area contributed by atoms with Crippen LogP contribution < -0.4 is 5.32 Å². The Morgan fingerprint density at radius 1 is 0.522 bits per heavy atom. The van der Waals surface area contributed by atoms with Crippen LogP contribution >= 0.6 is 0 Å². The van der Waals surface area contributed by atoms with Gasteiger partial charge in [0, 0.05) is 0 Å². The van der Waals surface area contributed by atoms with Crippen molar-refractivity contribution in [3.8, 4) is 0 Å². The van der Waals surface area contributed by atoms with Gasteiger partial charge in [0.05, 0.1) is 18.8 Å². The number of hydrogen-bond acceptors (Lipinski definition) is 5. The Bertz CT molecular complexity index is 697. The number of allylic oxidation sites excluding steroid dienone is 4. The van der Waals surface area contributed by atoms with Crippen molar-refractivity contribution in [3.05, 3.63) is 24.3 Å². The fourth-order valence-electron chi connectivity index (χ4n) is 5.95. The highest BCUT2D eigenvalue weighted by molar-refractivity contribution is 5.80. The van der Waals surface area contributed by atoms with Gasteiger partial charge in [-0.15, -0.1) is 0 Å². The number of carbonyl (C=O) groups excluding carboxylic acids is 1. The fraction of sp³-hybridized carbons (Fsp3) is 0.875. The van der Waals surface area contributed by atoms with E-state index in [1.54, 1.807) is 0 Å². The monoisotopic (exact) mass is 652 g/mol. The maximum Gasteiger partial charge on any atom is 0.249 e. The first kappa shape index (κ1) is 44.8. The Morgan fingerprint density at radius 3 is 1.37 bits per heavy atom. The van der Waals surface area contributed by atoms with Crippen molar-refractivity contribution in [2.45, 2.75) is 218 Å². The molecule has 0 aliphatic carbocycles. The SMILES string of the molecule is CCCCCCCCCCCCCC/C=C/CC/C=C/CCCC(O)C(O)C(CO)NC(=O)C(O)CCCCCCCCCCC. The van der Waals surface area contributed by atoms with Gasteiger partial charge < -0.3 is 25.7 Å². The van der Waals surface area contributed by atoms with Crippen molar-refractivity contribution in [2.24, 2.45) is 0 Å². The molecule has 0 radical (unpaired) electrons. The van der Waals surface area contributed by atoms with Crippen molar-refractivity contribution >= 4 is 5.91 Å². The molecule has 0 saturated heterocycles. The lowest BCUT2D eigenvalue weighted by Crippen LogP contribution is -2.53. The molecule has 5 N–H and O–H groups in total. The molecule has 4 atom stereocenters. The summed E-state index contributed by atoms with van der Waals surface area (Å²) in [5, 5.41) is 43.3. The minimum Gasteiger partial charge on any atom is -0.394 e. The first-order valence-corrected chi connectivity index (χ1v) is 19.7. The molecule has 0 aliphatic heterocycles. The number of carbonyl (C=O) groups is 1. The number of aliphatic hydroxyl groups is 4. The topological polar surface area (TPSA) is 110 Å². The standard InChI is InChI=1S/C40H77NO5/c1-3-5-7-9-11-13-14-15-16-17-18-19-20-21-22-23-24-26-27-29-31-33-37(43)39(45)36(35-42)41-40(46)38(44)34-32-30-28-25-12-10-8-6-4-2/h21-22,26-27,36-39,42-45H,3-20,23-25,28-35H2,1-2H3,(H,41,46)/b22-21+,27-26+. The summed E-state index contributed by atoms with van der Waals surface area (Å²) in [6.45, 7) is 3.99. The lowest BCUT2D eigenvalue weighted by atomic mass is 10.00. The highest BCUT2D eigenvalue weighted by Gasteiger charge is 2.28. The summed E-state index contributed by atoms with van der Waals surface area (Å²) in [6, 6.07) is -1.00. The second-order valence-corrected chi connectivity index (χ2v) is 13.6. The van der Waals surface area contributed by atoms with E-state index in [1.807, 2.05) is 0 Å². The van der Waals surface area contributed by atoms with Crippen LogP contribution in [0, 0.1) is 0 Å². The Labute approximate surface area is 284 Å². The number of amides is 1. The normalized spacial score (nSPS) is 14.7. The third-order valence-corrected chi connectivity index (χ3v) is 9.14. The molecule has 272 valence electrons. The van der Waals surface area contributed by atoms with Crippen LogP contribution in [0.4, 0.5) is 0 Å². The van der Waals surface area contributed by atoms with Crippen LogP contribution in [0.1, 0.15) is 194 Å². The van der Waals surface area contributed by atoms with Crippen LogP contribution in [0.25, 0.3) is 0 Å². The Hall–Kier alpha value is -1.21. The lowest BCUT2D eigenvalue weighted by Gasteiger charge is -2.27. The maximum absolute atomic E-state index is 12.4. The summed E-state index contributed by atoms with van der Waals surface area (Å²) in [4.78, 5) is 12.4. The third-order valence-electron chi connectivity index (χ3n) is 9.14. The molecule has 0 aromatic heterocycles. The zero-order chi connectivity index (χ0) is 33.9. The first-order valence-electron chi connectivity index (χ1n) is 19.7. The van der Waals surface area contributed by atoms with E-state index in [-0.39, 0.29) is 0 Å². The van der Waals surface area contributed by atoms with Crippen LogP contribution in [-0.2, 0) is 4.79 Å². The molecule has 0 heterocycles. The Morgan fingerprint density at radius 2 is 0.913 bits per heavy atom. The van der Waals surface area contributed by atoms with Crippen LogP contribution in [0.5, 0.6) is 0 Å². The van der Waals surface area contributed by atoms with Gasteiger partial charge in [-0.25, -0.2) is 0 Å². The lowest BCUT2D eigenvalue weighted by molar-refractivity contribution is -0.132. The van der Waals surface area contributed by atoms with Crippen molar-refractivity contribution in [2.75, 3.05) is 6.61 Å². The van der Waals surface area contributed by atoms with Gasteiger partial charge in [0.1, 0.15) is 12.2 Å². The van der Waals surface area contributed by atoms with Crippen LogP contribution in [0.15, 0.2) is 24.3 Å². The molecule has 0 saturated carbocycles. The van der Waals surface area contributed by atoms with Crippen LogP contribution in [0.3, 0.4) is 0 Å². The van der Waals surface area contributed by atoms with Gasteiger partial charge >= 0.3 is 0 Å². The molecule has 0 fully saturated rings. The Kier molecular flexibility index (Phi) is 34.2. The molecule has 1 amide bonds. The van der Waals surface area contributed by atoms with Crippen molar-refractivity contribution in [3.63, 3.8) is 0 Å². The smallest absolute Gasteiger partial charge is 0.249 e. The highest BCUT2D eigenvalue weighted by Crippen LogP contribution is 2.14. The summed E-state index contributed by atoms with van der Waals surface area (Å²) >= 11 is 0. The van der Waals surface area contributed by atoms with Gasteiger partial charge in [-0.1, -0.05) is 167 Å². The number of hydrogen-bond donors (Lipinski definition) is 5. The predicted octanol–water partition coefficient (Wildman–Crippen LogP) is 9.62. The van der Waals surface area contributed by atoms with E-state index < -0.39 is 36.9 Å². The molecule has 0 bridgehead atoms.